The number of carbonyl (C=O) groups excluding carboxylic acids is 8. The number of rotatable bonds is 11. The first-order chi connectivity index (χ1) is 26.3. The predicted octanol–water partition coefficient (Wildman–Crippen LogP) is -1.69. The first-order valence-electron chi connectivity index (χ1n) is 17.3. The van der Waals surface area contributed by atoms with Crippen molar-refractivity contribution < 1.29 is 127 Å². The van der Waals surface area contributed by atoms with Gasteiger partial charge in [-0.05, 0) is 101 Å². The van der Waals surface area contributed by atoms with Gasteiger partial charge in [-0.15, -0.1) is 6.61 Å². The van der Waals surface area contributed by atoms with Crippen molar-refractivity contribution in [2.24, 2.45) is 0 Å². The van der Waals surface area contributed by atoms with Gasteiger partial charge in [0.2, 0.25) is 0 Å². The number of nitrogens with zero attached hydrogens (tertiary/aromatic N) is 4. The molecule has 0 aliphatic carbocycles. The second-order valence-electron chi connectivity index (χ2n) is 10.1. The van der Waals surface area contributed by atoms with E-state index < -0.39 is 11.9 Å². The van der Waals surface area contributed by atoms with E-state index in [1.165, 1.54) is 19.4 Å². The summed E-state index contributed by atoms with van der Waals surface area (Å²) in [5, 5.41) is 8.93. The Hall–Kier alpha value is -3.80. The molecule has 18 nitrogen and oxygen atoms in total. The van der Waals surface area contributed by atoms with Crippen molar-refractivity contribution in [3.63, 3.8) is 0 Å². The van der Waals surface area contributed by atoms with Gasteiger partial charge in [-0.1, -0.05) is 20.4 Å². The molecule has 0 amide bonds. The van der Waals surface area contributed by atoms with Crippen LogP contribution in [0.25, 0.3) is 0 Å². The molecule has 324 valence electrons. The summed E-state index contributed by atoms with van der Waals surface area (Å²) in [5.41, 5.74) is 5.54. The minimum Gasteiger partial charge on any atom is -0.870 e. The number of carbonyl (C=O) groups is 4. The van der Waals surface area contributed by atoms with E-state index in [0.29, 0.717) is 19.0 Å². The average Bonchev–Trinajstić information content (AvgIpc) is 3.07. The number of aryl methyl sites for hydroxylation is 4. The van der Waals surface area contributed by atoms with E-state index in [1.807, 2.05) is 47.6 Å². The molecule has 2 rings (SSSR count). The van der Waals surface area contributed by atoms with Gasteiger partial charge in [-0.3, -0.25) is 14.4 Å². The van der Waals surface area contributed by atoms with Crippen molar-refractivity contribution in [1.82, 2.24) is 19.9 Å². The topological polar surface area (TPSA) is 278 Å². The molecule has 2 heterocycles. The molecule has 0 saturated heterocycles. The van der Waals surface area contributed by atoms with E-state index in [2.05, 4.69) is 38.2 Å². The van der Waals surface area contributed by atoms with Crippen LogP contribution >= 0.6 is 0 Å². The van der Waals surface area contributed by atoms with Gasteiger partial charge in [-0.25, -0.2) is 24.7 Å². The van der Waals surface area contributed by atoms with E-state index in [4.69, 9.17) is 38.5 Å². The van der Waals surface area contributed by atoms with Gasteiger partial charge < -0.3 is 29.5 Å². The fourth-order valence-electron chi connectivity index (χ4n) is 3.41. The summed E-state index contributed by atoms with van der Waals surface area (Å²) in [6, 6.07) is 1.94. The van der Waals surface area contributed by atoms with Crippen LogP contribution in [0.5, 0.6) is 0 Å². The van der Waals surface area contributed by atoms with Crippen LogP contribution in [0.3, 0.4) is 0 Å². The van der Waals surface area contributed by atoms with Crippen LogP contribution in [0, 0.1) is 27.7 Å². The van der Waals surface area contributed by atoms with Gasteiger partial charge in [-0.2, -0.15) is 19.2 Å². The third-order valence-electron chi connectivity index (χ3n) is 5.30. The predicted molar refractivity (Wildman–Crippen MR) is 205 cm³/mol. The zero-order chi connectivity index (χ0) is 45.1. The Bertz CT molecular complexity index is 1450. The van der Waals surface area contributed by atoms with Gasteiger partial charge in [0.25, 0.3) is 0 Å². The fraction of sp³-hybridized carbons (Fsp3) is 0.538. The summed E-state index contributed by atoms with van der Waals surface area (Å²) in [6.45, 7) is 30.1. The maximum Gasteiger partial charge on any atom is 1.00 e. The number of hydrogen-bond donors (Lipinski definition) is 0. The maximum atomic E-state index is 11.3. The molecule has 0 spiro atoms. The zero-order valence-corrected chi connectivity index (χ0v) is 41.9. The Labute approximate surface area is 393 Å². The molecule has 0 radical (unpaired) electrons. The Kier molecular flexibility index (Phi) is 72.5. The molecule has 0 aliphatic heterocycles. The summed E-state index contributed by atoms with van der Waals surface area (Å²) in [5.74, 6) is -0.449. The zero-order valence-electron chi connectivity index (χ0n) is 37.9. The number of allylic oxidation sites excluding steroid dienone is 2. The Morgan fingerprint density at radius 2 is 1.02 bits per heavy atom. The second kappa shape index (κ2) is 56.3. The molecule has 0 aliphatic rings. The molecule has 0 saturated carbocycles. The van der Waals surface area contributed by atoms with E-state index in [0.717, 1.165) is 41.6 Å². The summed E-state index contributed by atoms with van der Waals surface area (Å²) in [4.78, 5) is 91.7. The molecule has 2 aromatic heterocycles. The molecule has 0 fully saturated rings. The van der Waals surface area contributed by atoms with Gasteiger partial charge in [0, 0.05) is 22.8 Å². The summed E-state index contributed by atoms with van der Waals surface area (Å²) in [7, 11) is 0. The van der Waals surface area contributed by atoms with Crippen LogP contribution in [0.4, 0.5) is 0 Å². The summed E-state index contributed by atoms with van der Waals surface area (Å²) >= 11 is 0. The van der Waals surface area contributed by atoms with E-state index in [9.17, 15) is 19.2 Å². The van der Waals surface area contributed by atoms with Crippen molar-refractivity contribution in [2.75, 3.05) is 33.0 Å². The fourth-order valence-corrected chi connectivity index (χ4v) is 3.41. The maximum absolute atomic E-state index is 11.3. The number of Topliss-reactive ketones (excluding diaryl/α,β-unsaturated/α-hetero) is 2. The summed E-state index contributed by atoms with van der Waals surface area (Å²) in [6.07, 6.45) is 4.61. The smallest absolute Gasteiger partial charge is 0.870 e. The molecule has 0 atom stereocenters. The van der Waals surface area contributed by atoms with Crippen LogP contribution in [-0.2, 0) is 63.7 Å². The molecule has 20 heteroatoms. The average molecular weight is 857 g/mol. The number of aromatic nitrogens is 4. The molecular weight excluding hydrogens is 794 g/mol. The molecule has 59 heavy (non-hydrogen) atoms. The second-order valence-corrected chi connectivity index (χ2v) is 10.1. The van der Waals surface area contributed by atoms with Crippen molar-refractivity contribution in [3.8, 4) is 0 Å². The van der Waals surface area contributed by atoms with Crippen LogP contribution in [-0.4, -0.2) is 94.3 Å². The minimum atomic E-state index is -0.619. The van der Waals surface area contributed by atoms with Gasteiger partial charge in [0.05, 0.1) is 32.2 Å². The molecule has 1 N–H and O–H groups in total. The van der Waals surface area contributed by atoms with Gasteiger partial charge in [0.15, 0.2) is 5.78 Å². The van der Waals surface area contributed by atoms with E-state index in [-0.39, 0.29) is 114 Å². The van der Waals surface area contributed by atoms with Crippen LogP contribution in [0.2, 0.25) is 0 Å². The van der Waals surface area contributed by atoms with Crippen molar-refractivity contribution in [1.29, 1.82) is 0 Å². The summed E-state index contributed by atoms with van der Waals surface area (Å²) < 4.78 is 19.2. The number of esters is 2. The minimum absolute atomic E-state index is 0. The molecule has 0 aromatic carbocycles. The first-order valence-corrected chi connectivity index (χ1v) is 17.3. The molecule has 0 bridgehead atoms. The number of hydrogen-bond acceptors (Lipinski definition) is 18. The van der Waals surface area contributed by atoms with E-state index in [1.54, 1.807) is 47.3 Å². The molecule has 2 aromatic rings. The van der Waals surface area contributed by atoms with Crippen LogP contribution < -0.4 is 64.2 Å². The van der Waals surface area contributed by atoms with Crippen molar-refractivity contribution in [2.45, 2.75) is 110 Å². The Morgan fingerprint density at radius 3 is 1.24 bits per heavy atom. The molecular formula is C39H62N4Na2O14. The first kappa shape index (κ1) is 76.0. The Balaban J connectivity index is -0.0000000722. The normalized spacial score (nSPS) is 8.39. The van der Waals surface area contributed by atoms with Crippen molar-refractivity contribution >= 4 is 35.8 Å². The van der Waals surface area contributed by atoms with Crippen LogP contribution in [0.1, 0.15) is 104 Å². The largest absolute Gasteiger partial charge is 1.00 e. The third kappa shape index (κ3) is 58.6. The number of ketones is 2. The molecule has 0 unspecified atom stereocenters. The monoisotopic (exact) mass is 856 g/mol. The number of ether oxygens (including phenoxy) is 4. The van der Waals surface area contributed by atoms with Crippen LogP contribution in [0.15, 0.2) is 42.4 Å². The van der Waals surface area contributed by atoms with Gasteiger partial charge in [0.1, 0.15) is 36.2 Å². The van der Waals surface area contributed by atoms with Crippen molar-refractivity contribution in [3.05, 3.63) is 70.7 Å². The quantitative estimate of drug-likeness (QED) is 0.0609. The van der Waals surface area contributed by atoms with Gasteiger partial charge >= 0.3 is 83.4 Å². The third-order valence-corrected chi connectivity index (χ3v) is 5.30. The Morgan fingerprint density at radius 1 is 0.661 bits per heavy atom. The SMILES string of the molecule is C=C(C)OCC.CCOC(=O)/C(C(C)=O)=C(/C)OCC.CCOC(=O)CC(C)=O.CC[O-].CCc1c(C)ncnc1C.Cc1cc(C)ncn1.O=C=O.O=C=O.[Na+].[Na+].[OH-]. The standard InChI is InChI=1S/C10H16O4.C8H12N2.C6H8N2.C6H10O3.C5H10O.C2H5O.2CO2.2Na.H2O/c1-5-13-8(4)9(7(3)11)10(12)14-6-2;1-4-8-6(2)9-5-10-7(8)3;1-5-3-6(2)8-4-7-5;1-3-9-6(8)4-5(2)7;1-4-6-5(2)3;1-2-3;2*2-1-3;;;/h5-6H2,1-4H3;5H,4H2,1-3H3;3-4H,1-2H3;3-4H2,1-2H3;2,4H2,1,3H3;2H2,1H3;;;;;1H2/q;;;;;-1;;;2*+1;/p-1/b9-8-;;;;;;;;;;. The van der Waals surface area contributed by atoms with E-state index >= 15 is 0 Å².